The fourth-order valence-corrected chi connectivity index (χ4v) is 2.01. The Morgan fingerprint density at radius 2 is 1.94 bits per heavy atom. The van der Waals surface area contributed by atoms with Crippen LogP contribution in [0.25, 0.3) is 0 Å². The van der Waals surface area contributed by atoms with Crippen LogP contribution in [0.3, 0.4) is 0 Å². The number of carbonyl (C=O) groups excluding carboxylic acids is 1. The molecule has 0 bridgehead atoms. The van der Waals surface area contributed by atoms with E-state index >= 15 is 0 Å². The van der Waals surface area contributed by atoms with Crippen LogP contribution in [0.4, 0.5) is 0 Å². The Labute approximate surface area is 116 Å². The number of allylic oxidation sites excluding steroid dienone is 2. The van der Waals surface area contributed by atoms with Gasteiger partial charge in [0.2, 0.25) is 0 Å². The van der Waals surface area contributed by atoms with E-state index in [1.807, 2.05) is 12.1 Å². The predicted molar refractivity (Wildman–Crippen MR) is 76.4 cm³/mol. The van der Waals surface area contributed by atoms with E-state index in [-0.39, 0.29) is 5.78 Å². The van der Waals surface area contributed by atoms with Gasteiger partial charge in [0.25, 0.3) is 0 Å². The normalized spacial score (nSPS) is 14.9. The van der Waals surface area contributed by atoms with Crippen molar-refractivity contribution >= 4 is 34.6 Å². The summed E-state index contributed by atoms with van der Waals surface area (Å²) in [6.45, 7) is 0. The molecule has 0 aliphatic heterocycles. The van der Waals surface area contributed by atoms with Crippen LogP contribution in [-0.2, 0) is 4.79 Å². The van der Waals surface area contributed by atoms with Gasteiger partial charge in [-0.2, -0.15) is 0 Å². The van der Waals surface area contributed by atoms with E-state index in [4.69, 9.17) is 23.8 Å². The summed E-state index contributed by atoms with van der Waals surface area (Å²) in [7, 11) is 0. The highest BCUT2D eigenvalue weighted by molar-refractivity contribution is 7.80. The smallest absolute Gasteiger partial charge is 0.157 e. The van der Waals surface area contributed by atoms with Crippen molar-refractivity contribution in [2.24, 2.45) is 0 Å². The fraction of sp³-hybridized carbons (Fsp3) is 0.231. The molecular formula is C13H13ClN2OS. The molecule has 0 amide bonds. The molecule has 0 unspecified atom stereocenters. The van der Waals surface area contributed by atoms with Gasteiger partial charge in [0, 0.05) is 28.8 Å². The molecule has 2 N–H and O–H groups in total. The largest absolute Gasteiger partial charge is 0.304 e. The van der Waals surface area contributed by atoms with Crippen LogP contribution in [0.2, 0.25) is 5.02 Å². The molecule has 0 saturated heterocycles. The van der Waals surface area contributed by atoms with Gasteiger partial charge < -0.3 is 5.43 Å². The van der Waals surface area contributed by atoms with Gasteiger partial charge >= 0.3 is 0 Å². The lowest BCUT2D eigenvalue weighted by Gasteiger charge is -2.16. The molecule has 1 aliphatic rings. The van der Waals surface area contributed by atoms with E-state index in [1.54, 1.807) is 18.2 Å². The summed E-state index contributed by atoms with van der Waals surface area (Å²) < 4.78 is 0. The van der Waals surface area contributed by atoms with E-state index in [0.717, 1.165) is 24.1 Å². The highest BCUT2D eigenvalue weighted by Gasteiger charge is 2.09. The standard InChI is InChI=1S/C13H13ClN2OS/c14-10-6-4-9(5-7-10)13(18)16-15-11-2-1-3-12(17)8-11/h4-8,15H,1-3H2,(H,16,18). The molecule has 1 aliphatic carbocycles. The van der Waals surface area contributed by atoms with Crippen molar-refractivity contribution in [2.45, 2.75) is 19.3 Å². The first-order valence-electron chi connectivity index (χ1n) is 5.70. The summed E-state index contributed by atoms with van der Waals surface area (Å²) in [6.07, 6.45) is 4.00. The number of halogens is 1. The van der Waals surface area contributed by atoms with Gasteiger partial charge in [-0.05, 0) is 25.0 Å². The van der Waals surface area contributed by atoms with Crippen molar-refractivity contribution in [3.8, 4) is 0 Å². The summed E-state index contributed by atoms with van der Waals surface area (Å²) in [5.41, 5.74) is 7.66. The molecule has 0 heterocycles. The minimum absolute atomic E-state index is 0.156. The van der Waals surface area contributed by atoms with Crippen LogP contribution in [0.15, 0.2) is 36.0 Å². The van der Waals surface area contributed by atoms with Crippen LogP contribution in [-0.4, -0.2) is 10.8 Å². The number of hydrogen-bond donors (Lipinski definition) is 2. The van der Waals surface area contributed by atoms with Gasteiger partial charge in [0.1, 0.15) is 4.99 Å². The molecule has 0 atom stereocenters. The van der Waals surface area contributed by atoms with E-state index in [0.29, 0.717) is 16.4 Å². The molecule has 1 aromatic carbocycles. The monoisotopic (exact) mass is 280 g/mol. The zero-order valence-electron chi connectivity index (χ0n) is 9.70. The average molecular weight is 281 g/mol. The number of nitrogens with one attached hydrogen (secondary N) is 2. The SMILES string of the molecule is O=C1C=C(NNC(=S)c2ccc(Cl)cc2)CCC1. The van der Waals surface area contributed by atoms with Crippen molar-refractivity contribution in [1.29, 1.82) is 0 Å². The van der Waals surface area contributed by atoms with Gasteiger partial charge in [0.15, 0.2) is 5.78 Å². The zero-order valence-corrected chi connectivity index (χ0v) is 11.3. The highest BCUT2D eigenvalue weighted by atomic mass is 35.5. The zero-order chi connectivity index (χ0) is 13.0. The number of hydrazine groups is 1. The second kappa shape index (κ2) is 5.98. The molecule has 0 fully saturated rings. The van der Waals surface area contributed by atoms with Gasteiger partial charge in [-0.1, -0.05) is 36.0 Å². The maximum absolute atomic E-state index is 11.2. The minimum atomic E-state index is 0.156. The van der Waals surface area contributed by atoms with E-state index < -0.39 is 0 Å². The summed E-state index contributed by atoms with van der Waals surface area (Å²) in [5, 5.41) is 0.676. The Bertz CT molecular complexity index is 496. The highest BCUT2D eigenvalue weighted by Crippen LogP contribution is 2.12. The number of rotatable bonds is 3. The minimum Gasteiger partial charge on any atom is -0.304 e. The van der Waals surface area contributed by atoms with Gasteiger partial charge in [-0.15, -0.1) is 0 Å². The first-order valence-corrected chi connectivity index (χ1v) is 6.49. The van der Waals surface area contributed by atoms with Crippen molar-refractivity contribution in [2.75, 3.05) is 0 Å². The Balaban J connectivity index is 1.92. The quantitative estimate of drug-likeness (QED) is 0.660. The number of thiocarbonyl (C=S) groups is 1. The molecule has 0 saturated carbocycles. The first kappa shape index (κ1) is 13.1. The maximum atomic E-state index is 11.2. The topological polar surface area (TPSA) is 41.1 Å². The number of carbonyl (C=O) groups is 1. The van der Waals surface area contributed by atoms with Gasteiger partial charge in [-0.3, -0.25) is 10.2 Å². The number of benzene rings is 1. The lowest BCUT2D eigenvalue weighted by molar-refractivity contribution is -0.115. The van der Waals surface area contributed by atoms with Crippen LogP contribution in [0.5, 0.6) is 0 Å². The van der Waals surface area contributed by atoms with Gasteiger partial charge in [-0.25, -0.2) is 0 Å². The molecule has 18 heavy (non-hydrogen) atoms. The average Bonchev–Trinajstić information content (AvgIpc) is 2.37. The number of hydrogen-bond acceptors (Lipinski definition) is 3. The Kier molecular flexibility index (Phi) is 4.33. The summed E-state index contributed by atoms with van der Waals surface area (Å²) in [4.78, 5) is 11.8. The Morgan fingerprint density at radius 1 is 1.22 bits per heavy atom. The van der Waals surface area contributed by atoms with E-state index in [2.05, 4.69) is 10.9 Å². The first-order chi connectivity index (χ1) is 8.65. The maximum Gasteiger partial charge on any atom is 0.157 e. The molecule has 3 nitrogen and oxygen atoms in total. The fourth-order valence-electron chi connectivity index (χ4n) is 1.70. The molecule has 0 spiro atoms. The Hall–Kier alpha value is -1.39. The van der Waals surface area contributed by atoms with Gasteiger partial charge in [0.05, 0.1) is 0 Å². The Morgan fingerprint density at radius 3 is 2.61 bits per heavy atom. The molecular weight excluding hydrogens is 268 g/mol. The molecule has 94 valence electrons. The molecule has 1 aromatic rings. The summed E-state index contributed by atoms with van der Waals surface area (Å²) in [5.74, 6) is 0.156. The third-order valence-corrected chi connectivity index (χ3v) is 3.24. The summed E-state index contributed by atoms with van der Waals surface area (Å²) >= 11 is 11.0. The van der Waals surface area contributed by atoms with Crippen molar-refractivity contribution in [3.63, 3.8) is 0 Å². The molecule has 0 radical (unpaired) electrons. The molecule has 5 heteroatoms. The third kappa shape index (κ3) is 3.55. The van der Waals surface area contributed by atoms with Crippen molar-refractivity contribution in [3.05, 3.63) is 46.6 Å². The van der Waals surface area contributed by atoms with Crippen molar-refractivity contribution < 1.29 is 4.79 Å². The second-order valence-electron chi connectivity index (χ2n) is 4.08. The van der Waals surface area contributed by atoms with Crippen LogP contribution >= 0.6 is 23.8 Å². The van der Waals surface area contributed by atoms with Crippen LogP contribution < -0.4 is 10.9 Å². The molecule has 2 rings (SSSR count). The van der Waals surface area contributed by atoms with Crippen LogP contribution in [0, 0.1) is 0 Å². The summed E-state index contributed by atoms with van der Waals surface area (Å²) in [6, 6.07) is 7.27. The lowest BCUT2D eigenvalue weighted by atomic mass is 10.0. The second-order valence-corrected chi connectivity index (χ2v) is 4.92. The van der Waals surface area contributed by atoms with Crippen molar-refractivity contribution in [1.82, 2.24) is 10.9 Å². The molecule has 0 aromatic heterocycles. The van der Waals surface area contributed by atoms with E-state index in [1.165, 1.54) is 0 Å². The lowest BCUT2D eigenvalue weighted by Crippen LogP contribution is -2.37. The predicted octanol–water partition coefficient (Wildman–Crippen LogP) is 2.75. The third-order valence-electron chi connectivity index (χ3n) is 2.65. The van der Waals surface area contributed by atoms with E-state index in [9.17, 15) is 4.79 Å². The number of ketones is 1. The van der Waals surface area contributed by atoms with Crippen LogP contribution in [0.1, 0.15) is 24.8 Å².